The summed E-state index contributed by atoms with van der Waals surface area (Å²) < 4.78 is 33.6. The molecule has 1 unspecified atom stereocenters. The van der Waals surface area contributed by atoms with Crippen molar-refractivity contribution in [3.8, 4) is 5.75 Å². The summed E-state index contributed by atoms with van der Waals surface area (Å²) in [5, 5.41) is 3.32. The van der Waals surface area contributed by atoms with Gasteiger partial charge in [-0.15, -0.1) is 0 Å². The number of ether oxygens (including phenoxy) is 1. The Balaban J connectivity index is 1.67. The van der Waals surface area contributed by atoms with Gasteiger partial charge in [-0.3, -0.25) is 9.52 Å². The molecule has 0 aliphatic heterocycles. The Morgan fingerprint density at radius 1 is 0.939 bits per heavy atom. The van der Waals surface area contributed by atoms with Crippen LogP contribution in [0.4, 0.5) is 11.4 Å². The third-order valence-electron chi connectivity index (χ3n) is 4.82. The van der Waals surface area contributed by atoms with E-state index in [4.69, 9.17) is 27.9 Å². The molecule has 3 aromatic carbocycles. The summed E-state index contributed by atoms with van der Waals surface area (Å²) in [5.74, 6) is 0.557. The van der Waals surface area contributed by atoms with Crippen LogP contribution in [-0.2, 0) is 14.8 Å². The van der Waals surface area contributed by atoms with E-state index in [9.17, 15) is 13.2 Å². The highest BCUT2D eigenvalue weighted by molar-refractivity contribution is 7.92. The van der Waals surface area contributed by atoms with Crippen molar-refractivity contribution in [3.63, 3.8) is 0 Å². The molecule has 9 heteroatoms. The van der Waals surface area contributed by atoms with E-state index in [0.29, 0.717) is 16.5 Å². The zero-order valence-electron chi connectivity index (χ0n) is 18.3. The third kappa shape index (κ3) is 6.41. The molecule has 3 aromatic rings. The van der Waals surface area contributed by atoms with Crippen molar-refractivity contribution in [3.05, 3.63) is 82.3 Å². The van der Waals surface area contributed by atoms with Crippen molar-refractivity contribution in [1.29, 1.82) is 0 Å². The van der Waals surface area contributed by atoms with Crippen LogP contribution in [0.25, 0.3) is 0 Å². The number of sulfonamides is 1. The molecule has 6 nitrogen and oxygen atoms in total. The predicted octanol–water partition coefficient (Wildman–Crippen LogP) is 6.32. The van der Waals surface area contributed by atoms with Gasteiger partial charge in [0, 0.05) is 10.7 Å². The summed E-state index contributed by atoms with van der Waals surface area (Å²) in [4.78, 5) is 12.6. The fourth-order valence-electron chi connectivity index (χ4n) is 3.05. The van der Waals surface area contributed by atoms with Gasteiger partial charge >= 0.3 is 0 Å². The molecule has 2 N–H and O–H groups in total. The van der Waals surface area contributed by atoms with Crippen LogP contribution < -0.4 is 14.8 Å². The number of carbonyl (C=O) groups excluding carboxylic acids is 1. The maximum atomic E-state index is 12.7. The maximum Gasteiger partial charge on any atom is 0.265 e. The van der Waals surface area contributed by atoms with Gasteiger partial charge in [0.15, 0.2) is 6.10 Å². The summed E-state index contributed by atoms with van der Waals surface area (Å²) in [6.45, 7) is 5.77. The van der Waals surface area contributed by atoms with Gasteiger partial charge in [0.2, 0.25) is 0 Å². The highest BCUT2D eigenvalue weighted by atomic mass is 35.5. The molecule has 33 heavy (non-hydrogen) atoms. The molecule has 3 rings (SSSR count). The Morgan fingerprint density at radius 2 is 1.61 bits per heavy atom. The number of halogens is 2. The van der Waals surface area contributed by atoms with E-state index >= 15 is 0 Å². The molecule has 0 saturated carbocycles. The number of hydrogen-bond acceptors (Lipinski definition) is 4. The average molecular weight is 507 g/mol. The number of hydrogen-bond donors (Lipinski definition) is 2. The summed E-state index contributed by atoms with van der Waals surface area (Å²) in [6, 6.07) is 17.8. The number of anilines is 2. The highest BCUT2D eigenvalue weighted by Gasteiger charge is 2.19. The lowest BCUT2D eigenvalue weighted by molar-refractivity contribution is -0.122. The third-order valence-corrected chi connectivity index (χ3v) is 6.75. The first kappa shape index (κ1) is 24.9. The lowest BCUT2D eigenvalue weighted by Gasteiger charge is -2.18. The van der Waals surface area contributed by atoms with Crippen LogP contribution in [-0.4, -0.2) is 20.4 Å². The van der Waals surface area contributed by atoms with Crippen molar-refractivity contribution in [2.45, 2.75) is 37.7 Å². The van der Waals surface area contributed by atoms with Gasteiger partial charge in [-0.25, -0.2) is 8.42 Å². The van der Waals surface area contributed by atoms with Gasteiger partial charge in [0.1, 0.15) is 5.75 Å². The van der Waals surface area contributed by atoms with Crippen molar-refractivity contribution < 1.29 is 17.9 Å². The number of benzene rings is 3. The van der Waals surface area contributed by atoms with E-state index in [-0.39, 0.29) is 27.4 Å². The molecule has 174 valence electrons. The molecule has 0 fully saturated rings. The van der Waals surface area contributed by atoms with E-state index in [1.165, 1.54) is 42.5 Å². The molecule has 1 amide bonds. The van der Waals surface area contributed by atoms with Gasteiger partial charge in [-0.05, 0) is 66.9 Å². The van der Waals surface area contributed by atoms with Crippen LogP contribution in [0.1, 0.15) is 32.3 Å². The number of carbonyl (C=O) groups is 1. The minimum Gasteiger partial charge on any atom is -0.481 e. The Hall–Kier alpha value is -2.74. The van der Waals surface area contributed by atoms with E-state index in [1.807, 2.05) is 24.3 Å². The number of amides is 1. The SMILES string of the molecule is CC(Oc1ccccc1C(C)C)C(=O)Nc1ccc(S(=O)(=O)Nc2ccc(Cl)cc2Cl)cc1. The smallest absolute Gasteiger partial charge is 0.265 e. The fraction of sp³-hybridized carbons (Fsp3) is 0.208. The summed E-state index contributed by atoms with van der Waals surface area (Å²) in [7, 11) is -3.88. The van der Waals surface area contributed by atoms with Crippen molar-refractivity contribution in [2.75, 3.05) is 10.0 Å². The largest absolute Gasteiger partial charge is 0.481 e. The van der Waals surface area contributed by atoms with Gasteiger partial charge in [0.25, 0.3) is 15.9 Å². The molecular formula is C24H24Cl2N2O4S. The molecular weight excluding hydrogens is 483 g/mol. The zero-order valence-corrected chi connectivity index (χ0v) is 20.6. The highest BCUT2D eigenvalue weighted by Crippen LogP contribution is 2.29. The molecule has 0 saturated heterocycles. The molecule has 0 heterocycles. The Morgan fingerprint density at radius 3 is 2.24 bits per heavy atom. The first-order valence-electron chi connectivity index (χ1n) is 10.2. The summed E-state index contributed by atoms with van der Waals surface area (Å²) >= 11 is 11.9. The van der Waals surface area contributed by atoms with E-state index in [1.54, 1.807) is 6.92 Å². The first-order valence-corrected chi connectivity index (χ1v) is 12.4. The van der Waals surface area contributed by atoms with Gasteiger partial charge < -0.3 is 10.1 Å². The van der Waals surface area contributed by atoms with Crippen LogP contribution in [0.3, 0.4) is 0 Å². The second-order valence-electron chi connectivity index (χ2n) is 7.70. The minimum absolute atomic E-state index is 0.0154. The molecule has 1 atom stereocenters. The molecule has 0 bridgehead atoms. The van der Waals surface area contributed by atoms with Crippen LogP contribution in [0.15, 0.2) is 71.6 Å². The predicted molar refractivity (Wildman–Crippen MR) is 133 cm³/mol. The van der Waals surface area contributed by atoms with E-state index in [0.717, 1.165) is 5.56 Å². The topological polar surface area (TPSA) is 84.5 Å². The second-order valence-corrected chi connectivity index (χ2v) is 10.2. The second kappa shape index (κ2) is 10.5. The molecule has 0 radical (unpaired) electrons. The van der Waals surface area contributed by atoms with Gasteiger partial charge in [-0.2, -0.15) is 0 Å². The Kier molecular flexibility index (Phi) is 7.89. The van der Waals surface area contributed by atoms with Crippen LogP contribution in [0.2, 0.25) is 10.0 Å². The molecule has 0 spiro atoms. The zero-order chi connectivity index (χ0) is 24.2. The minimum atomic E-state index is -3.88. The van der Waals surface area contributed by atoms with Crippen molar-refractivity contribution in [2.24, 2.45) is 0 Å². The number of nitrogens with one attached hydrogen (secondary N) is 2. The maximum absolute atomic E-state index is 12.7. The number of para-hydroxylation sites is 1. The molecule has 0 aromatic heterocycles. The molecule has 0 aliphatic rings. The first-order chi connectivity index (χ1) is 15.6. The van der Waals surface area contributed by atoms with E-state index < -0.39 is 16.1 Å². The normalized spacial score (nSPS) is 12.3. The summed E-state index contributed by atoms with van der Waals surface area (Å²) in [5.41, 5.74) is 1.67. The Bertz CT molecular complexity index is 1250. The van der Waals surface area contributed by atoms with Gasteiger partial charge in [0.05, 0.1) is 15.6 Å². The van der Waals surface area contributed by atoms with E-state index in [2.05, 4.69) is 23.9 Å². The standard InChI is InChI=1S/C24H24Cl2N2O4S/c1-15(2)20-6-4-5-7-23(20)32-16(3)24(29)27-18-9-11-19(12-10-18)33(30,31)28-22-13-8-17(25)14-21(22)26/h4-16,28H,1-3H3,(H,27,29). The summed E-state index contributed by atoms with van der Waals surface area (Å²) in [6.07, 6.45) is -0.748. The van der Waals surface area contributed by atoms with Gasteiger partial charge in [-0.1, -0.05) is 55.2 Å². The van der Waals surface area contributed by atoms with Crippen LogP contribution in [0, 0.1) is 0 Å². The lowest BCUT2D eigenvalue weighted by Crippen LogP contribution is -2.30. The lowest BCUT2D eigenvalue weighted by atomic mass is 10.0. The Labute approximate surface area is 203 Å². The average Bonchev–Trinajstić information content (AvgIpc) is 2.76. The van der Waals surface area contributed by atoms with Crippen LogP contribution >= 0.6 is 23.2 Å². The quantitative estimate of drug-likeness (QED) is 0.374. The fourth-order valence-corrected chi connectivity index (χ4v) is 4.64. The number of rotatable bonds is 8. The van der Waals surface area contributed by atoms with Crippen molar-refractivity contribution >= 4 is 50.5 Å². The van der Waals surface area contributed by atoms with Crippen molar-refractivity contribution in [1.82, 2.24) is 0 Å². The van der Waals surface area contributed by atoms with Crippen LogP contribution in [0.5, 0.6) is 5.75 Å². The molecule has 0 aliphatic carbocycles. The monoisotopic (exact) mass is 506 g/mol.